The molecule has 63 heavy (non-hydrogen) atoms. The molecule has 0 saturated carbocycles. The summed E-state index contributed by atoms with van der Waals surface area (Å²) in [5, 5.41) is 0. The molecule has 1 nitrogen and oxygen atoms in total. The summed E-state index contributed by atoms with van der Waals surface area (Å²) >= 11 is 0. The van der Waals surface area contributed by atoms with E-state index in [4.69, 9.17) is 0 Å². The minimum Gasteiger partial charge on any atom is -0.311 e. The Morgan fingerprint density at radius 2 is 0.810 bits per heavy atom. The van der Waals surface area contributed by atoms with E-state index in [-0.39, 0.29) is 0 Å². The van der Waals surface area contributed by atoms with Crippen LogP contribution in [0.5, 0.6) is 0 Å². The highest BCUT2D eigenvalue weighted by Gasteiger charge is 2.56. The SMILES string of the molecule is C1=CCC(c2ccc(N(c3ccccc3)c3ccc(-c4ccc5c(c4)C4(c6ccccc6-5)c5ccccc5C(c5ccccc5)(c5ccccc5)c5ccccc54)cc3)cc2)C=C1. The lowest BCUT2D eigenvalue weighted by atomic mass is 9.51. The average Bonchev–Trinajstić information content (AvgIpc) is 3.66. The van der Waals surface area contributed by atoms with E-state index >= 15 is 0 Å². The fraction of sp³-hybridized carbons (Fsp3) is 0.0645. The highest BCUT2D eigenvalue weighted by atomic mass is 15.1. The number of anilines is 3. The molecule has 1 heteroatoms. The van der Waals surface area contributed by atoms with Crippen molar-refractivity contribution in [1.82, 2.24) is 0 Å². The third-order valence-electron chi connectivity index (χ3n) is 14.0. The summed E-state index contributed by atoms with van der Waals surface area (Å²) in [4.78, 5) is 2.36. The van der Waals surface area contributed by atoms with Gasteiger partial charge in [-0.3, -0.25) is 0 Å². The first-order valence-corrected chi connectivity index (χ1v) is 22.2. The van der Waals surface area contributed by atoms with E-state index in [1.54, 1.807) is 0 Å². The molecule has 1 spiro atoms. The van der Waals surface area contributed by atoms with Crippen molar-refractivity contribution >= 4 is 17.1 Å². The quantitative estimate of drug-likeness (QED) is 0.155. The molecule has 12 rings (SSSR count). The van der Waals surface area contributed by atoms with Gasteiger partial charge in [-0.2, -0.15) is 0 Å². The van der Waals surface area contributed by atoms with Gasteiger partial charge in [-0.15, -0.1) is 0 Å². The zero-order chi connectivity index (χ0) is 41.8. The minimum absolute atomic E-state index is 0.415. The summed E-state index contributed by atoms with van der Waals surface area (Å²) in [5.41, 5.74) is 19.2. The van der Waals surface area contributed by atoms with E-state index in [0.717, 1.165) is 23.5 Å². The lowest BCUT2D eigenvalue weighted by molar-refractivity contribution is 0.624. The second-order valence-corrected chi connectivity index (χ2v) is 17.1. The maximum absolute atomic E-state index is 2.50. The van der Waals surface area contributed by atoms with Gasteiger partial charge < -0.3 is 4.90 Å². The van der Waals surface area contributed by atoms with Gasteiger partial charge in [0, 0.05) is 23.0 Å². The molecule has 3 aliphatic carbocycles. The van der Waals surface area contributed by atoms with Crippen LogP contribution in [0.3, 0.4) is 0 Å². The van der Waals surface area contributed by atoms with Crippen molar-refractivity contribution in [2.75, 3.05) is 4.90 Å². The normalized spacial score (nSPS) is 15.8. The zero-order valence-corrected chi connectivity index (χ0v) is 35.0. The summed E-state index contributed by atoms with van der Waals surface area (Å²) < 4.78 is 0. The Labute approximate surface area is 370 Å². The number of hydrogen-bond acceptors (Lipinski definition) is 1. The van der Waals surface area contributed by atoms with Crippen LogP contribution < -0.4 is 4.90 Å². The third-order valence-corrected chi connectivity index (χ3v) is 14.0. The minimum atomic E-state index is -0.540. The van der Waals surface area contributed by atoms with Crippen LogP contribution in [-0.4, -0.2) is 0 Å². The van der Waals surface area contributed by atoms with Crippen LogP contribution >= 0.6 is 0 Å². The van der Waals surface area contributed by atoms with Gasteiger partial charge in [0.25, 0.3) is 0 Å². The molecule has 0 radical (unpaired) electrons. The maximum atomic E-state index is 2.50. The highest BCUT2D eigenvalue weighted by Crippen LogP contribution is 2.64. The summed E-state index contributed by atoms with van der Waals surface area (Å²) in [6.45, 7) is 0. The molecule has 0 fully saturated rings. The van der Waals surface area contributed by atoms with E-state index in [9.17, 15) is 0 Å². The Balaban J connectivity index is 1.02. The van der Waals surface area contributed by atoms with Gasteiger partial charge in [0.05, 0.1) is 10.8 Å². The number of allylic oxidation sites excluding steroid dienone is 4. The summed E-state index contributed by atoms with van der Waals surface area (Å²) in [6, 6.07) is 86.2. The number of para-hydroxylation sites is 1. The van der Waals surface area contributed by atoms with E-state index in [1.807, 2.05) is 0 Å². The van der Waals surface area contributed by atoms with Crippen molar-refractivity contribution in [3.8, 4) is 22.3 Å². The fourth-order valence-electron chi connectivity index (χ4n) is 11.3. The van der Waals surface area contributed by atoms with Crippen molar-refractivity contribution in [3.05, 3.63) is 305 Å². The Bertz CT molecular complexity index is 3090. The number of fused-ring (bicyclic) bond motifs is 9. The summed E-state index contributed by atoms with van der Waals surface area (Å²) in [6.07, 6.45) is 9.90. The van der Waals surface area contributed by atoms with Gasteiger partial charge in [0.15, 0.2) is 0 Å². The monoisotopic (exact) mass is 803 g/mol. The molecule has 3 aliphatic rings. The van der Waals surface area contributed by atoms with Crippen LogP contribution in [0.1, 0.15) is 62.4 Å². The molecular formula is C62H45N. The Kier molecular flexibility index (Phi) is 8.83. The van der Waals surface area contributed by atoms with Crippen molar-refractivity contribution in [2.24, 2.45) is 0 Å². The second kappa shape index (κ2) is 15.0. The molecule has 0 aromatic heterocycles. The first-order chi connectivity index (χ1) is 31.3. The predicted octanol–water partition coefficient (Wildman–Crippen LogP) is 15.5. The van der Waals surface area contributed by atoms with Crippen LogP contribution in [0, 0.1) is 0 Å². The Hall–Kier alpha value is -7.74. The maximum Gasteiger partial charge on any atom is 0.0720 e. The molecule has 0 bridgehead atoms. The third kappa shape index (κ3) is 5.63. The van der Waals surface area contributed by atoms with Gasteiger partial charge in [0.1, 0.15) is 0 Å². The molecule has 9 aromatic rings. The average molecular weight is 804 g/mol. The number of hydrogen-bond donors (Lipinski definition) is 0. The van der Waals surface area contributed by atoms with Crippen LogP contribution in [-0.2, 0) is 10.8 Å². The van der Waals surface area contributed by atoms with Gasteiger partial charge in [0.2, 0.25) is 0 Å². The standard InChI is InChI=1S/C62H45N/c1-5-19-44(20-6-1)45-33-38-51(39-34-45)63(50-25-11-4-12-26-50)52-40-35-46(36-41-52)47-37-42-54-53-27-13-14-28-55(53)62(60(54)43-47)58-31-17-15-29-56(58)61(48-21-7-2-8-22-48,49-23-9-3-10-24-49)57-30-16-18-32-59(57)62/h1-19,21-44H,20H2. The number of nitrogens with zero attached hydrogens (tertiary/aromatic N) is 1. The van der Waals surface area contributed by atoms with Crippen molar-refractivity contribution in [1.29, 1.82) is 0 Å². The van der Waals surface area contributed by atoms with Gasteiger partial charge in [-0.1, -0.05) is 212 Å². The van der Waals surface area contributed by atoms with Crippen molar-refractivity contribution < 1.29 is 0 Å². The molecule has 1 unspecified atom stereocenters. The van der Waals surface area contributed by atoms with E-state index in [0.29, 0.717) is 5.92 Å². The van der Waals surface area contributed by atoms with Crippen LogP contribution in [0.4, 0.5) is 17.1 Å². The van der Waals surface area contributed by atoms with Gasteiger partial charge in [-0.05, 0) is 121 Å². The molecule has 9 aromatic carbocycles. The molecule has 0 heterocycles. The molecule has 0 aliphatic heterocycles. The first-order valence-electron chi connectivity index (χ1n) is 22.2. The molecule has 0 saturated heterocycles. The summed E-state index contributed by atoms with van der Waals surface area (Å²) in [7, 11) is 0. The molecule has 298 valence electrons. The number of rotatable bonds is 7. The largest absolute Gasteiger partial charge is 0.311 e. The van der Waals surface area contributed by atoms with Gasteiger partial charge in [-0.25, -0.2) is 0 Å². The van der Waals surface area contributed by atoms with E-state index in [2.05, 4.69) is 260 Å². The zero-order valence-electron chi connectivity index (χ0n) is 35.0. The molecule has 1 atom stereocenters. The van der Waals surface area contributed by atoms with Gasteiger partial charge >= 0.3 is 0 Å². The highest BCUT2D eigenvalue weighted by molar-refractivity contribution is 5.91. The topological polar surface area (TPSA) is 3.24 Å². The lowest BCUT2D eigenvalue weighted by Gasteiger charge is -2.50. The fourth-order valence-corrected chi connectivity index (χ4v) is 11.3. The van der Waals surface area contributed by atoms with Crippen LogP contribution in [0.15, 0.2) is 255 Å². The van der Waals surface area contributed by atoms with Crippen molar-refractivity contribution in [3.63, 3.8) is 0 Å². The Morgan fingerprint density at radius 3 is 1.38 bits per heavy atom. The smallest absolute Gasteiger partial charge is 0.0720 e. The molecule has 0 amide bonds. The first kappa shape index (κ1) is 37.1. The molecule has 0 N–H and O–H groups in total. The molecular weight excluding hydrogens is 759 g/mol. The summed E-state index contributed by atoms with van der Waals surface area (Å²) in [5.74, 6) is 0.415. The van der Waals surface area contributed by atoms with Crippen LogP contribution in [0.2, 0.25) is 0 Å². The van der Waals surface area contributed by atoms with E-state index in [1.165, 1.54) is 72.3 Å². The van der Waals surface area contributed by atoms with Crippen LogP contribution in [0.25, 0.3) is 22.3 Å². The lowest BCUT2D eigenvalue weighted by Crippen LogP contribution is -2.44. The second-order valence-electron chi connectivity index (χ2n) is 17.1. The number of benzene rings is 9. The van der Waals surface area contributed by atoms with Crippen molar-refractivity contribution in [2.45, 2.75) is 23.2 Å². The predicted molar refractivity (Wildman–Crippen MR) is 261 cm³/mol. The van der Waals surface area contributed by atoms with E-state index < -0.39 is 10.8 Å². The Morgan fingerprint density at radius 1 is 0.349 bits per heavy atom.